The topological polar surface area (TPSA) is 36.4 Å². The minimum atomic E-state index is -0.161. The van der Waals surface area contributed by atoms with E-state index in [4.69, 9.17) is 0 Å². The maximum Gasteiger partial charge on any atom is 0.0897 e. The van der Waals surface area contributed by atoms with E-state index in [2.05, 4.69) is 15.3 Å². The monoisotopic (exact) mass is 240 g/mol. The third-order valence-corrected chi connectivity index (χ3v) is 4.16. The smallest absolute Gasteiger partial charge is 0.0897 e. The second-order valence-electron chi connectivity index (χ2n) is 4.70. The molecular formula is C12H20N2OS. The lowest BCUT2D eigenvalue weighted by Crippen LogP contribution is -2.26. The first-order chi connectivity index (χ1) is 7.65. The van der Waals surface area contributed by atoms with Crippen LogP contribution in [0.3, 0.4) is 0 Å². The van der Waals surface area contributed by atoms with E-state index in [1.54, 1.807) is 11.3 Å². The third-order valence-electron chi connectivity index (χ3n) is 3.34. The molecule has 1 aromatic heterocycles. The molecule has 0 aromatic carbocycles. The van der Waals surface area contributed by atoms with E-state index >= 15 is 0 Å². The zero-order valence-corrected chi connectivity index (χ0v) is 10.8. The van der Waals surface area contributed by atoms with Crippen LogP contribution in [0.5, 0.6) is 0 Å². The minimum Gasteiger partial charge on any atom is -0.393 e. The van der Waals surface area contributed by atoms with Crippen molar-refractivity contribution in [2.45, 2.75) is 32.8 Å². The maximum atomic E-state index is 9.52. The largest absolute Gasteiger partial charge is 0.393 e. The highest BCUT2D eigenvalue weighted by Crippen LogP contribution is 2.20. The molecule has 2 rings (SSSR count). The zero-order chi connectivity index (χ0) is 11.5. The van der Waals surface area contributed by atoms with E-state index in [1.807, 2.05) is 13.8 Å². The standard InChI is InChI=1S/C12H20N2OS/c1-9(15)11-3-5-14(7-11)6-4-12-8-16-10(2)13-12/h8-9,11,15H,3-7H2,1-2H3. The Kier molecular flexibility index (Phi) is 3.95. The van der Waals surface area contributed by atoms with E-state index in [-0.39, 0.29) is 6.10 Å². The van der Waals surface area contributed by atoms with Crippen LogP contribution in [-0.4, -0.2) is 40.7 Å². The van der Waals surface area contributed by atoms with Gasteiger partial charge in [0.2, 0.25) is 0 Å². The van der Waals surface area contributed by atoms with Crippen molar-refractivity contribution in [2.24, 2.45) is 5.92 Å². The van der Waals surface area contributed by atoms with Gasteiger partial charge in [0.05, 0.1) is 16.8 Å². The number of hydrogen-bond donors (Lipinski definition) is 1. The zero-order valence-electron chi connectivity index (χ0n) is 10.0. The number of aromatic nitrogens is 1. The molecule has 2 unspecified atom stereocenters. The molecule has 0 radical (unpaired) electrons. The van der Waals surface area contributed by atoms with Crippen LogP contribution in [-0.2, 0) is 6.42 Å². The number of aryl methyl sites for hydroxylation is 1. The maximum absolute atomic E-state index is 9.52. The number of nitrogens with zero attached hydrogens (tertiary/aromatic N) is 2. The van der Waals surface area contributed by atoms with Crippen LogP contribution >= 0.6 is 11.3 Å². The van der Waals surface area contributed by atoms with Crippen molar-refractivity contribution in [2.75, 3.05) is 19.6 Å². The summed E-state index contributed by atoms with van der Waals surface area (Å²) in [7, 11) is 0. The Balaban J connectivity index is 1.75. The number of likely N-dealkylation sites (tertiary alicyclic amines) is 1. The number of rotatable bonds is 4. The molecule has 1 fully saturated rings. The first kappa shape index (κ1) is 12.0. The molecule has 0 bridgehead atoms. The first-order valence-corrected chi connectivity index (χ1v) is 6.84. The molecule has 1 aromatic rings. The molecular weight excluding hydrogens is 220 g/mol. The summed E-state index contributed by atoms with van der Waals surface area (Å²) in [5.41, 5.74) is 1.21. The Morgan fingerprint density at radius 1 is 1.69 bits per heavy atom. The number of hydrogen-bond acceptors (Lipinski definition) is 4. The van der Waals surface area contributed by atoms with Gasteiger partial charge in [0.1, 0.15) is 0 Å². The summed E-state index contributed by atoms with van der Waals surface area (Å²) in [5.74, 6) is 0.470. The van der Waals surface area contributed by atoms with Gasteiger partial charge in [-0.1, -0.05) is 0 Å². The van der Waals surface area contributed by atoms with Crippen molar-refractivity contribution in [3.63, 3.8) is 0 Å². The second-order valence-corrected chi connectivity index (χ2v) is 5.76. The van der Waals surface area contributed by atoms with Crippen LogP contribution in [0.1, 0.15) is 24.0 Å². The quantitative estimate of drug-likeness (QED) is 0.870. The minimum absolute atomic E-state index is 0.161. The summed E-state index contributed by atoms with van der Waals surface area (Å²) in [5, 5.41) is 12.8. The Hall–Kier alpha value is -0.450. The van der Waals surface area contributed by atoms with Crippen molar-refractivity contribution in [3.8, 4) is 0 Å². The van der Waals surface area contributed by atoms with Crippen LogP contribution in [0.4, 0.5) is 0 Å². The van der Waals surface area contributed by atoms with E-state index in [0.29, 0.717) is 5.92 Å². The van der Waals surface area contributed by atoms with Gasteiger partial charge in [-0.2, -0.15) is 0 Å². The average Bonchev–Trinajstić information content (AvgIpc) is 2.83. The normalized spacial score (nSPS) is 23.8. The van der Waals surface area contributed by atoms with Gasteiger partial charge in [0.15, 0.2) is 0 Å². The third kappa shape index (κ3) is 3.03. The van der Waals surface area contributed by atoms with Crippen LogP contribution in [0, 0.1) is 12.8 Å². The van der Waals surface area contributed by atoms with Gasteiger partial charge in [-0.3, -0.25) is 0 Å². The molecule has 4 heteroatoms. The van der Waals surface area contributed by atoms with Gasteiger partial charge in [-0.05, 0) is 32.7 Å². The molecule has 1 N–H and O–H groups in total. The molecule has 0 amide bonds. The van der Waals surface area contributed by atoms with Crippen molar-refractivity contribution in [3.05, 3.63) is 16.1 Å². The number of thiazole rings is 1. The lowest BCUT2D eigenvalue weighted by molar-refractivity contribution is 0.128. The van der Waals surface area contributed by atoms with Gasteiger partial charge in [-0.15, -0.1) is 11.3 Å². The lowest BCUT2D eigenvalue weighted by atomic mass is 10.0. The molecule has 0 saturated carbocycles. The van der Waals surface area contributed by atoms with Crippen molar-refractivity contribution in [1.82, 2.24) is 9.88 Å². The van der Waals surface area contributed by atoms with Crippen molar-refractivity contribution < 1.29 is 5.11 Å². The summed E-state index contributed by atoms with van der Waals surface area (Å²) in [6.07, 6.45) is 2.01. The van der Waals surface area contributed by atoms with E-state index in [1.165, 1.54) is 5.69 Å². The van der Waals surface area contributed by atoms with Gasteiger partial charge in [-0.25, -0.2) is 4.98 Å². The second kappa shape index (κ2) is 5.25. The van der Waals surface area contributed by atoms with E-state index < -0.39 is 0 Å². The Morgan fingerprint density at radius 2 is 2.50 bits per heavy atom. The fourth-order valence-electron chi connectivity index (χ4n) is 2.26. The summed E-state index contributed by atoms with van der Waals surface area (Å²) in [4.78, 5) is 6.90. The Bertz CT molecular complexity index is 338. The van der Waals surface area contributed by atoms with Crippen LogP contribution in [0.15, 0.2) is 5.38 Å². The van der Waals surface area contributed by atoms with Crippen LogP contribution in [0.25, 0.3) is 0 Å². The number of aliphatic hydroxyl groups is 1. The predicted molar refractivity (Wildman–Crippen MR) is 66.8 cm³/mol. The van der Waals surface area contributed by atoms with Crippen molar-refractivity contribution >= 4 is 11.3 Å². The molecule has 2 atom stereocenters. The summed E-state index contributed by atoms with van der Waals surface area (Å²) in [6, 6.07) is 0. The molecule has 0 aliphatic carbocycles. The fourth-order valence-corrected chi connectivity index (χ4v) is 2.90. The Morgan fingerprint density at radius 3 is 3.06 bits per heavy atom. The lowest BCUT2D eigenvalue weighted by Gasteiger charge is -2.16. The van der Waals surface area contributed by atoms with Gasteiger partial charge >= 0.3 is 0 Å². The fraction of sp³-hybridized carbons (Fsp3) is 0.750. The van der Waals surface area contributed by atoms with Gasteiger partial charge in [0.25, 0.3) is 0 Å². The highest BCUT2D eigenvalue weighted by Gasteiger charge is 2.25. The summed E-state index contributed by atoms with van der Waals surface area (Å²) >= 11 is 1.72. The number of aliphatic hydroxyl groups excluding tert-OH is 1. The molecule has 1 aliphatic heterocycles. The van der Waals surface area contributed by atoms with Gasteiger partial charge in [0, 0.05) is 24.9 Å². The van der Waals surface area contributed by atoms with Crippen LogP contribution < -0.4 is 0 Å². The highest BCUT2D eigenvalue weighted by molar-refractivity contribution is 7.09. The first-order valence-electron chi connectivity index (χ1n) is 5.96. The average molecular weight is 240 g/mol. The summed E-state index contributed by atoms with van der Waals surface area (Å²) in [6.45, 7) is 7.19. The molecule has 1 aliphatic rings. The van der Waals surface area contributed by atoms with Gasteiger partial charge < -0.3 is 10.0 Å². The molecule has 0 spiro atoms. The van der Waals surface area contributed by atoms with Crippen molar-refractivity contribution in [1.29, 1.82) is 0 Å². The van der Waals surface area contributed by atoms with Crippen LogP contribution in [0.2, 0.25) is 0 Å². The van der Waals surface area contributed by atoms with E-state index in [0.717, 1.165) is 37.5 Å². The predicted octanol–water partition coefficient (Wildman–Crippen LogP) is 1.70. The molecule has 16 heavy (non-hydrogen) atoms. The molecule has 3 nitrogen and oxygen atoms in total. The molecule has 90 valence electrons. The summed E-state index contributed by atoms with van der Waals surface area (Å²) < 4.78 is 0. The van der Waals surface area contributed by atoms with E-state index in [9.17, 15) is 5.11 Å². The Labute approximate surface area is 101 Å². The SMILES string of the molecule is Cc1nc(CCN2CCC(C(C)O)C2)cs1. The molecule has 1 saturated heterocycles. The highest BCUT2D eigenvalue weighted by atomic mass is 32.1. The molecule has 2 heterocycles.